The zero-order valence-corrected chi connectivity index (χ0v) is 8.71. The summed E-state index contributed by atoms with van der Waals surface area (Å²) < 4.78 is 10.1. The maximum absolute atomic E-state index is 5.15. The van der Waals surface area contributed by atoms with Gasteiger partial charge in [-0.05, 0) is 19.9 Å². The van der Waals surface area contributed by atoms with Gasteiger partial charge in [0.05, 0.1) is 13.2 Å². The summed E-state index contributed by atoms with van der Waals surface area (Å²) in [6.07, 6.45) is 5.24. The van der Waals surface area contributed by atoms with Crippen molar-refractivity contribution in [3.8, 4) is 0 Å². The van der Waals surface area contributed by atoms with Crippen LogP contribution in [0, 0.1) is 0 Å². The third-order valence-electron chi connectivity index (χ3n) is 1.56. The first-order valence-corrected chi connectivity index (χ1v) is 4.84. The van der Waals surface area contributed by atoms with Crippen LogP contribution in [0.4, 0.5) is 0 Å². The second kappa shape index (κ2) is 11.6. The third-order valence-corrected chi connectivity index (χ3v) is 1.56. The van der Waals surface area contributed by atoms with Crippen molar-refractivity contribution in [2.45, 2.75) is 13.3 Å². The number of rotatable bonds is 9. The lowest BCUT2D eigenvalue weighted by molar-refractivity contribution is 0.177. The molecule has 0 aliphatic heterocycles. The van der Waals surface area contributed by atoms with Gasteiger partial charge in [0.25, 0.3) is 0 Å². The Hall–Kier alpha value is -0.380. The Kier molecular flexibility index (Phi) is 11.3. The first kappa shape index (κ1) is 12.6. The van der Waals surface area contributed by atoms with E-state index >= 15 is 0 Å². The minimum absolute atomic E-state index is 0.731. The molecule has 0 spiro atoms. The molecule has 3 nitrogen and oxygen atoms in total. The summed E-state index contributed by atoms with van der Waals surface area (Å²) in [6, 6.07) is 0. The smallest absolute Gasteiger partial charge is 0.0647 e. The molecule has 0 fully saturated rings. The normalized spacial score (nSPS) is 11.2. The Labute approximate surface area is 81.1 Å². The molecule has 0 bridgehead atoms. The summed E-state index contributed by atoms with van der Waals surface area (Å²) in [6.45, 7) is 6.23. The molecule has 0 aliphatic carbocycles. The van der Waals surface area contributed by atoms with E-state index in [-0.39, 0.29) is 0 Å². The molecular formula is C10H21NO2. The van der Waals surface area contributed by atoms with Crippen molar-refractivity contribution in [2.75, 3.05) is 40.0 Å². The molecule has 13 heavy (non-hydrogen) atoms. The lowest BCUT2D eigenvalue weighted by Gasteiger charge is -2.00. The summed E-state index contributed by atoms with van der Waals surface area (Å²) in [7, 11) is 1.71. The molecule has 3 heteroatoms. The van der Waals surface area contributed by atoms with Crippen LogP contribution in [0.1, 0.15) is 13.3 Å². The highest BCUT2D eigenvalue weighted by Crippen LogP contribution is 1.82. The average Bonchev–Trinajstić information content (AvgIpc) is 2.16. The van der Waals surface area contributed by atoms with Gasteiger partial charge in [-0.2, -0.15) is 0 Å². The maximum Gasteiger partial charge on any atom is 0.0647 e. The van der Waals surface area contributed by atoms with Gasteiger partial charge in [-0.25, -0.2) is 0 Å². The molecule has 0 aromatic carbocycles. The number of hydrogen-bond acceptors (Lipinski definition) is 3. The molecule has 0 atom stereocenters. The van der Waals surface area contributed by atoms with Crippen molar-refractivity contribution in [2.24, 2.45) is 0 Å². The minimum Gasteiger partial charge on any atom is -0.383 e. The Morgan fingerprint density at radius 2 is 2.08 bits per heavy atom. The van der Waals surface area contributed by atoms with Gasteiger partial charge in [0.1, 0.15) is 0 Å². The predicted molar refractivity (Wildman–Crippen MR) is 55.0 cm³/mol. The van der Waals surface area contributed by atoms with Crippen LogP contribution < -0.4 is 5.32 Å². The Balaban J connectivity index is 2.93. The van der Waals surface area contributed by atoms with Crippen LogP contribution >= 0.6 is 0 Å². The van der Waals surface area contributed by atoms with Crippen LogP contribution in [0.3, 0.4) is 0 Å². The van der Waals surface area contributed by atoms with Crippen LogP contribution in [0.5, 0.6) is 0 Å². The summed E-state index contributed by atoms with van der Waals surface area (Å²) in [5.41, 5.74) is 0. The van der Waals surface area contributed by atoms with Gasteiger partial charge in [-0.15, -0.1) is 0 Å². The van der Waals surface area contributed by atoms with E-state index in [1.165, 1.54) is 0 Å². The molecule has 0 heterocycles. The fourth-order valence-corrected chi connectivity index (χ4v) is 0.856. The average molecular weight is 187 g/mol. The van der Waals surface area contributed by atoms with Crippen LogP contribution in [0.2, 0.25) is 0 Å². The van der Waals surface area contributed by atoms with E-state index in [1.54, 1.807) is 7.11 Å². The van der Waals surface area contributed by atoms with Gasteiger partial charge in [0.15, 0.2) is 0 Å². The van der Waals surface area contributed by atoms with Gasteiger partial charge in [0, 0.05) is 20.3 Å². The standard InChI is InChI=1S/C10H21NO2/c1-3-13-9-6-4-5-7-11-8-10-12-2/h4,6,11H,3,5,7-10H2,1-2H3. The number of hydrogen-bond donors (Lipinski definition) is 1. The summed E-state index contributed by atoms with van der Waals surface area (Å²) >= 11 is 0. The highest BCUT2D eigenvalue weighted by Gasteiger charge is 1.83. The highest BCUT2D eigenvalue weighted by atomic mass is 16.5. The van der Waals surface area contributed by atoms with E-state index in [2.05, 4.69) is 17.5 Å². The molecule has 0 radical (unpaired) electrons. The van der Waals surface area contributed by atoms with Gasteiger partial charge >= 0.3 is 0 Å². The largest absolute Gasteiger partial charge is 0.383 e. The Morgan fingerprint density at radius 3 is 2.77 bits per heavy atom. The Morgan fingerprint density at radius 1 is 1.23 bits per heavy atom. The summed E-state index contributed by atoms with van der Waals surface area (Å²) in [5.74, 6) is 0. The predicted octanol–water partition coefficient (Wildman–Crippen LogP) is 1.21. The molecule has 0 unspecified atom stereocenters. The fourth-order valence-electron chi connectivity index (χ4n) is 0.856. The molecule has 0 aliphatic rings. The van der Waals surface area contributed by atoms with Crippen LogP contribution in [-0.4, -0.2) is 40.0 Å². The maximum atomic E-state index is 5.15. The van der Waals surface area contributed by atoms with Crippen molar-refractivity contribution in [1.29, 1.82) is 0 Å². The molecule has 0 aromatic rings. The Bertz CT molecular complexity index is 115. The molecular weight excluding hydrogens is 166 g/mol. The monoisotopic (exact) mass is 187 g/mol. The topological polar surface area (TPSA) is 30.5 Å². The van der Waals surface area contributed by atoms with Gasteiger partial charge < -0.3 is 14.8 Å². The van der Waals surface area contributed by atoms with Gasteiger partial charge in [-0.1, -0.05) is 12.2 Å². The molecule has 1 N–H and O–H groups in total. The first-order valence-electron chi connectivity index (χ1n) is 4.84. The molecule has 0 saturated carbocycles. The van der Waals surface area contributed by atoms with Crippen LogP contribution in [-0.2, 0) is 9.47 Å². The van der Waals surface area contributed by atoms with Crippen molar-refractivity contribution >= 4 is 0 Å². The molecule has 78 valence electrons. The molecule has 0 saturated heterocycles. The summed E-state index contributed by atoms with van der Waals surface area (Å²) in [4.78, 5) is 0. The molecule has 0 aromatic heterocycles. The summed E-state index contributed by atoms with van der Waals surface area (Å²) in [5, 5.41) is 3.26. The lowest BCUT2D eigenvalue weighted by Crippen LogP contribution is -2.19. The van der Waals surface area contributed by atoms with Crippen LogP contribution in [0.15, 0.2) is 12.2 Å². The number of nitrogens with one attached hydrogen (secondary N) is 1. The minimum atomic E-state index is 0.731. The van der Waals surface area contributed by atoms with Crippen molar-refractivity contribution < 1.29 is 9.47 Å². The number of ether oxygens (including phenoxy) is 2. The van der Waals surface area contributed by atoms with E-state index in [4.69, 9.17) is 9.47 Å². The number of methoxy groups -OCH3 is 1. The van der Waals surface area contributed by atoms with E-state index in [1.807, 2.05) is 6.92 Å². The van der Waals surface area contributed by atoms with E-state index < -0.39 is 0 Å². The molecule has 0 rings (SSSR count). The second-order valence-electron chi connectivity index (χ2n) is 2.66. The van der Waals surface area contributed by atoms with Crippen molar-refractivity contribution in [3.05, 3.63) is 12.2 Å². The van der Waals surface area contributed by atoms with Gasteiger partial charge in [0.2, 0.25) is 0 Å². The van der Waals surface area contributed by atoms with Crippen molar-refractivity contribution in [1.82, 2.24) is 5.32 Å². The van der Waals surface area contributed by atoms with Crippen molar-refractivity contribution in [3.63, 3.8) is 0 Å². The third kappa shape index (κ3) is 11.6. The molecule has 0 amide bonds. The zero-order valence-electron chi connectivity index (χ0n) is 8.71. The second-order valence-corrected chi connectivity index (χ2v) is 2.66. The SMILES string of the molecule is CCOCC=CCCNCCOC. The van der Waals surface area contributed by atoms with E-state index in [9.17, 15) is 0 Å². The first-order chi connectivity index (χ1) is 6.41. The van der Waals surface area contributed by atoms with E-state index in [0.29, 0.717) is 0 Å². The van der Waals surface area contributed by atoms with Crippen LogP contribution in [0.25, 0.3) is 0 Å². The van der Waals surface area contributed by atoms with E-state index in [0.717, 1.165) is 39.3 Å². The zero-order chi connectivity index (χ0) is 9.78. The fraction of sp³-hybridized carbons (Fsp3) is 0.800. The van der Waals surface area contributed by atoms with Gasteiger partial charge in [-0.3, -0.25) is 0 Å². The lowest BCUT2D eigenvalue weighted by atomic mass is 10.4. The quantitative estimate of drug-likeness (QED) is 0.434. The highest BCUT2D eigenvalue weighted by molar-refractivity contribution is 4.81.